The molecule has 3 N–H and O–H groups in total. The zero-order chi connectivity index (χ0) is 13.2. The number of carboxylic acid groups (broad SMARTS) is 1. The Balaban J connectivity index is 3.20. The van der Waals surface area contributed by atoms with E-state index in [1.807, 2.05) is 0 Å². The summed E-state index contributed by atoms with van der Waals surface area (Å²) in [6.45, 7) is 0. The maximum Gasteiger partial charge on any atom is 0.305 e. The van der Waals surface area contributed by atoms with Gasteiger partial charge in [-0.25, -0.2) is 8.78 Å². The van der Waals surface area contributed by atoms with Crippen LogP contribution < -0.4 is 10.6 Å². The molecule has 0 amide bonds. The van der Waals surface area contributed by atoms with E-state index in [2.05, 4.69) is 0 Å². The quantitative estimate of drug-likeness (QED) is 0.842. The van der Waals surface area contributed by atoms with Crippen molar-refractivity contribution in [3.05, 3.63) is 29.3 Å². The minimum atomic E-state index is -1.09. The molecule has 0 aliphatic rings. The second kappa shape index (κ2) is 5.09. The summed E-state index contributed by atoms with van der Waals surface area (Å²) in [6, 6.07) is 1.07. The number of halogens is 2. The Bertz CT molecular complexity index is 436. The smallest absolute Gasteiger partial charge is 0.305 e. The highest BCUT2D eigenvalue weighted by atomic mass is 19.2. The molecular formula is C11H14F2N2O2. The van der Waals surface area contributed by atoms with Gasteiger partial charge in [-0.15, -0.1) is 0 Å². The van der Waals surface area contributed by atoms with E-state index in [0.717, 1.165) is 12.1 Å². The third-order valence-electron chi connectivity index (χ3n) is 2.35. The molecule has 0 fully saturated rings. The first kappa shape index (κ1) is 13.4. The first-order valence-electron chi connectivity index (χ1n) is 4.96. The molecule has 1 aromatic rings. The Kier molecular flexibility index (Phi) is 4.01. The van der Waals surface area contributed by atoms with Gasteiger partial charge in [-0.2, -0.15) is 0 Å². The average molecular weight is 244 g/mol. The molecule has 17 heavy (non-hydrogen) atoms. The molecule has 1 unspecified atom stereocenters. The van der Waals surface area contributed by atoms with Gasteiger partial charge >= 0.3 is 5.97 Å². The van der Waals surface area contributed by atoms with Crippen LogP contribution in [0.2, 0.25) is 0 Å². The molecule has 0 aliphatic heterocycles. The van der Waals surface area contributed by atoms with E-state index in [0.29, 0.717) is 5.69 Å². The highest BCUT2D eigenvalue weighted by molar-refractivity contribution is 5.69. The average Bonchev–Trinajstić information content (AvgIpc) is 2.19. The highest BCUT2D eigenvalue weighted by Crippen LogP contribution is 2.28. The van der Waals surface area contributed by atoms with Crippen LogP contribution in [-0.4, -0.2) is 25.2 Å². The second-order valence-corrected chi connectivity index (χ2v) is 3.92. The van der Waals surface area contributed by atoms with Gasteiger partial charge in [0, 0.05) is 31.9 Å². The Labute approximate surface area is 97.6 Å². The summed E-state index contributed by atoms with van der Waals surface area (Å²) in [6.07, 6.45) is -0.341. The standard InChI is InChI=1S/C11H14F2N2O2/c1-15(2)10-4-8(13)7(12)3-6(10)9(14)5-11(16)17/h3-4,9H,5,14H2,1-2H3,(H,16,17). The predicted octanol–water partition coefficient (Wildman–Crippen LogP) is 1.51. The van der Waals surface area contributed by atoms with Crippen molar-refractivity contribution >= 4 is 11.7 Å². The number of nitrogens with two attached hydrogens (primary N) is 1. The van der Waals surface area contributed by atoms with E-state index in [-0.39, 0.29) is 12.0 Å². The van der Waals surface area contributed by atoms with Gasteiger partial charge in [0.15, 0.2) is 11.6 Å². The molecule has 0 radical (unpaired) electrons. The van der Waals surface area contributed by atoms with E-state index in [4.69, 9.17) is 10.8 Å². The van der Waals surface area contributed by atoms with Crippen molar-refractivity contribution in [3.8, 4) is 0 Å². The summed E-state index contributed by atoms with van der Waals surface area (Å²) in [5, 5.41) is 8.64. The second-order valence-electron chi connectivity index (χ2n) is 3.92. The van der Waals surface area contributed by atoms with Crippen molar-refractivity contribution < 1.29 is 18.7 Å². The third kappa shape index (κ3) is 3.13. The van der Waals surface area contributed by atoms with Crippen LogP contribution in [0, 0.1) is 11.6 Å². The van der Waals surface area contributed by atoms with Gasteiger partial charge in [-0.05, 0) is 11.6 Å². The summed E-state index contributed by atoms with van der Waals surface area (Å²) in [7, 11) is 3.29. The molecule has 94 valence electrons. The fraction of sp³-hybridized carbons (Fsp3) is 0.364. The Morgan fingerprint density at radius 2 is 1.94 bits per heavy atom. The van der Waals surface area contributed by atoms with Crippen molar-refractivity contribution in [2.75, 3.05) is 19.0 Å². The third-order valence-corrected chi connectivity index (χ3v) is 2.35. The first-order valence-corrected chi connectivity index (χ1v) is 4.96. The Morgan fingerprint density at radius 1 is 1.41 bits per heavy atom. The van der Waals surface area contributed by atoms with Crippen molar-refractivity contribution in [2.24, 2.45) is 5.73 Å². The summed E-state index contributed by atoms with van der Waals surface area (Å²) >= 11 is 0. The first-order chi connectivity index (χ1) is 7.82. The van der Waals surface area contributed by atoms with E-state index < -0.39 is 23.6 Å². The number of anilines is 1. The Hall–Kier alpha value is -1.69. The number of rotatable bonds is 4. The summed E-state index contributed by atoms with van der Waals surface area (Å²) < 4.78 is 26.2. The number of carbonyl (C=O) groups is 1. The summed E-state index contributed by atoms with van der Waals surface area (Å²) in [5.41, 5.74) is 6.30. The van der Waals surface area contributed by atoms with Gasteiger partial charge in [-0.3, -0.25) is 4.79 Å². The van der Waals surface area contributed by atoms with Crippen molar-refractivity contribution in [3.63, 3.8) is 0 Å². The van der Waals surface area contributed by atoms with Gasteiger partial charge in [0.2, 0.25) is 0 Å². The number of nitrogens with zero attached hydrogens (tertiary/aromatic N) is 1. The van der Waals surface area contributed by atoms with Crippen LogP contribution in [0.15, 0.2) is 12.1 Å². The molecular weight excluding hydrogens is 230 g/mol. The van der Waals surface area contributed by atoms with E-state index in [9.17, 15) is 13.6 Å². The summed E-state index contributed by atoms with van der Waals surface area (Å²) in [4.78, 5) is 12.1. The molecule has 0 aliphatic carbocycles. The van der Waals surface area contributed by atoms with Gasteiger partial charge in [0.1, 0.15) is 0 Å². The summed E-state index contributed by atoms with van der Waals surface area (Å²) in [5.74, 6) is -3.11. The SMILES string of the molecule is CN(C)c1cc(F)c(F)cc1C(N)CC(=O)O. The number of aliphatic carboxylic acids is 1. The van der Waals surface area contributed by atoms with Crippen molar-refractivity contribution in [1.29, 1.82) is 0 Å². The molecule has 6 heteroatoms. The van der Waals surface area contributed by atoms with Gasteiger partial charge in [0.05, 0.1) is 6.42 Å². The molecule has 4 nitrogen and oxygen atoms in total. The van der Waals surface area contributed by atoms with Crippen molar-refractivity contribution in [2.45, 2.75) is 12.5 Å². The van der Waals surface area contributed by atoms with Crippen molar-refractivity contribution in [1.82, 2.24) is 0 Å². The lowest BCUT2D eigenvalue weighted by atomic mass is 10.0. The maximum absolute atomic E-state index is 13.1. The van der Waals surface area contributed by atoms with Crippen LogP contribution in [0.5, 0.6) is 0 Å². The molecule has 0 saturated carbocycles. The molecule has 0 aromatic heterocycles. The fourth-order valence-corrected chi connectivity index (χ4v) is 1.53. The monoisotopic (exact) mass is 244 g/mol. The van der Waals surface area contributed by atoms with E-state index >= 15 is 0 Å². The van der Waals surface area contributed by atoms with Crippen LogP contribution in [0.1, 0.15) is 18.0 Å². The lowest BCUT2D eigenvalue weighted by molar-refractivity contribution is -0.137. The molecule has 1 aromatic carbocycles. The zero-order valence-corrected chi connectivity index (χ0v) is 9.58. The predicted molar refractivity (Wildman–Crippen MR) is 59.9 cm³/mol. The molecule has 0 saturated heterocycles. The molecule has 0 heterocycles. The lowest BCUT2D eigenvalue weighted by Crippen LogP contribution is -2.20. The van der Waals surface area contributed by atoms with Crippen LogP contribution in [0.3, 0.4) is 0 Å². The normalized spacial score (nSPS) is 12.3. The fourth-order valence-electron chi connectivity index (χ4n) is 1.53. The molecule has 0 spiro atoms. The molecule has 0 bridgehead atoms. The maximum atomic E-state index is 13.1. The van der Waals surface area contributed by atoms with Gasteiger partial charge in [0.25, 0.3) is 0 Å². The molecule has 1 rings (SSSR count). The van der Waals surface area contributed by atoms with Crippen LogP contribution in [0.4, 0.5) is 14.5 Å². The number of hydrogen-bond acceptors (Lipinski definition) is 3. The topological polar surface area (TPSA) is 66.6 Å². The highest BCUT2D eigenvalue weighted by Gasteiger charge is 2.18. The largest absolute Gasteiger partial charge is 0.481 e. The lowest BCUT2D eigenvalue weighted by Gasteiger charge is -2.21. The van der Waals surface area contributed by atoms with Gasteiger partial charge in [-0.1, -0.05) is 0 Å². The number of carboxylic acids is 1. The zero-order valence-electron chi connectivity index (χ0n) is 9.58. The van der Waals surface area contributed by atoms with Gasteiger partial charge < -0.3 is 15.7 Å². The van der Waals surface area contributed by atoms with E-state index in [1.165, 1.54) is 0 Å². The van der Waals surface area contributed by atoms with Crippen LogP contribution in [-0.2, 0) is 4.79 Å². The van der Waals surface area contributed by atoms with Crippen LogP contribution in [0.25, 0.3) is 0 Å². The number of hydrogen-bond donors (Lipinski definition) is 2. The van der Waals surface area contributed by atoms with E-state index in [1.54, 1.807) is 19.0 Å². The minimum Gasteiger partial charge on any atom is -0.481 e. The Morgan fingerprint density at radius 3 is 2.41 bits per heavy atom. The molecule has 1 atom stereocenters. The number of benzene rings is 1. The minimum absolute atomic E-state index is 0.274. The van der Waals surface area contributed by atoms with Crippen LogP contribution >= 0.6 is 0 Å².